The Morgan fingerprint density at radius 3 is 2.65 bits per heavy atom. The quantitative estimate of drug-likeness (QED) is 0.822. The molecule has 3 rings (SSSR count). The molecule has 0 aliphatic carbocycles. The Kier molecular flexibility index (Phi) is 3.39. The number of benzene rings is 2. The van der Waals surface area contributed by atoms with E-state index in [0.29, 0.717) is 0 Å². The monoisotopic (exact) mass is 268 g/mol. The molecule has 20 heavy (non-hydrogen) atoms. The first-order valence-corrected chi connectivity index (χ1v) is 7.19. The molecule has 2 heteroatoms. The van der Waals surface area contributed by atoms with E-state index in [0.717, 1.165) is 30.8 Å². The largest absolute Gasteiger partial charge is 0.497 e. The van der Waals surface area contributed by atoms with E-state index in [1.165, 1.54) is 11.1 Å². The van der Waals surface area contributed by atoms with Gasteiger partial charge in [-0.25, -0.2) is 0 Å². The van der Waals surface area contributed by atoms with Gasteiger partial charge in [0.05, 0.1) is 7.11 Å². The lowest BCUT2D eigenvalue weighted by Crippen LogP contribution is -2.31. The lowest BCUT2D eigenvalue weighted by Gasteiger charge is -2.29. The second-order valence-corrected chi connectivity index (χ2v) is 5.36. The number of hydrogen-bond acceptors (Lipinski definition) is 2. The molecular formula is C18H20O2. The topological polar surface area (TPSA) is 18.5 Å². The highest BCUT2D eigenvalue weighted by Crippen LogP contribution is 2.45. The lowest BCUT2D eigenvalue weighted by atomic mass is 9.85. The first-order chi connectivity index (χ1) is 9.77. The Bertz CT molecular complexity index is 592. The predicted molar refractivity (Wildman–Crippen MR) is 80.4 cm³/mol. The van der Waals surface area contributed by atoms with Gasteiger partial charge < -0.3 is 9.47 Å². The summed E-state index contributed by atoms with van der Waals surface area (Å²) in [4.78, 5) is 0. The van der Waals surface area contributed by atoms with E-state index >= 15 is 0 Å². The summed E-state index contributed by atoms with van der Waals surface area (Å²) in [7, 11) is 1.70. The van der Waals surface area contributed by atoms with Crippen LogP contribution in [0.5, 0.6) is 11.5 Å². The summed E-state index contributed by atoms with van der Waals surface area (Å²) in [6.07, 6.45) is 3.03. The van der Waals surface area contributed by atoms with Crippen molar-refractivity contribution < 1.29 is 9.47 Å². The van der Waals surface area contributed by atoms with Gasteiger partial charge >= 0.3 is 0 Å². The number of fused-ring (bicyclic) bond motifs is 1. The molecule has 0 bridgehead atoms. The van der Waals surface area contributed by atoms with Crippen molar-refractivity contribution in [3.8, 4) is 11.5 Å². The van der Waals surface area contributed by atoms with Crippen LogP contribution in [-0.4, -0.2) is 7.11 Å². The van der Waals surface area contributed by atoms with Gasteiger partial charge in [-0.3, -0.25) is 0 Å². The van der Waals surface area contributed by atoms with Crippen molar-refractivity contribution in [2.24, 2.45) is 0 Å². The molecule has 2 aromatic carbocycles. The molecule has 0 saturated heterocycles. The van der Waals surface area contributed by atoms with Crippen LogP contribution in [0.4, 0.5) is 0 Å². The molecule has 0 aromatic heterocycles. The van der Waals surface area contributed by atoms with Crippen LogP contribution in [-0.2, 0) is 12.0 Å². The zero-order valence-electron chi connectivity index (χ0n) is 12.1. The Balaban J connectivity index is 1.99. The average molecular weight is 268 g/mol. The standard InChI is InChI=1S/C18H20O2/c1-3-11-18(15-7-5-4-6-8-15)13-14-12-16(19-2)9-10-17(14)20-18/h4-10,12H,3,11,13H2,1-2H3. The molecule has 0 N–H and O–H groups in total. The molecule has 0 fully saturated rings. The van der Waals surface area contributed by atoms with E-state index in [4.69, 9.17) is 9.47 Å². The maximum absolute atomic E-state index is 6.36. The summed E-state index contributed by atoms with van der Waals surface area (Å²) in [5.41, 5.74) is 2.28. The first-order valence-electron chi connectivity index (χ1n) is 7.19. The Morgan fingerprint density at radius 2 is 1.95 bits per heavy atom. The summed E-state index contributed by atoms with van der Waals surface area (Å²) in [5.74, 6) is 1.89. The third kappa shape index (κ3) is 2.15. The minimum Gasteiger partial charge on any atom is -0.497 e. The van der Waals surface area contributed by atoms with Crippen LogP contribution in [0, 0.1) is 0 Å². The molecular weight excluding hydrogens is 248 g/mol. The molecule has 2 nitrogen and oxygen atoms in total. The van der Waals surface area contributed by atoms with E-state index in [1.807, 2.05) is 18.2 Å². The number of rotatable bonds is 4. The third-order valence-electron chi connectivity index (χ3n) is 4.00. The van der Waals surface area contributed by atoms with Crippen LogP contribution in [0.1, 0.15) is 30.9 Å². The van der Waals surface area contributed by atoms with Gasteiger partial charge in [0.2, 0.25) is 0 Å². The Labute approximate surface area is 120 Å². The van der Waals surface area contributed by atoms with Gasteiger partial charge in [0, 0.05) is 12.0 Å². The second-order valence-electron chi connectivity index (χ2n) is 5.36. The van der Waals surface area contributed by atoms with E-state index in [-0.39, 0.29) is 5.60 Å². The van der Waals surface area contributed by atoms with E-state index in [1.54, 1.807) is 7.11 Å². The van der Waals surface area contributed by atoms with Crippen LogP contribution in [0.25, 0.3) is 0 Å². The van der Waals surface area contributed by atoms with Crippen molar-refractivity contribution in [3.05, 3.63) is 59.7 Å². The van der Waals surface area contributed by atoms with Crippen LogP contribution in [0.2, 0.25) is 0 Å². The van der Waals surface area contributed by atoms with Crippen molar-refractivity contribution in [1.82, 2.24) is 0 Å². The fraction of sp³-hybridized carbons (Fsp3) is 0.333. The summed E-state index contributed by atoms with van der Waals surface area (Å²) < 4.78 is 11.7. The molecule has 1 aliphatic heterocycles. The average Bonchev–Trinajstić information content (AvgIpc) is 2.87. The predicted octanol–water partition coefficient (Wildman–Crippen LogP) is 4.33. The highest BCUT2D eigenvalue weighted by molar-refractivity contribution is 5.46. The molecule has 2 aromatic rings. The van der Waals surface area contributed by atoms with Gasteiger partial charge in [0.25, 0.3) is 0 Å². The number of ether oxygens (including phenoxy) is 2. The smallest absolute Gasteiger partial charge is 0.138 e. The first kappa shape index (κ1) is 13.0. The molecule has 1 atom stereocenters. The van der Waals surface area contributed by atoms with E-state index < -0.39 is 0 Å². The normalized spacial score (nSPS) is 20.3. The van der Waals surface area contributed by atoms with Crippen LogP contribution < -0.4 is 9.47 Å². The zero-order valence-corrected chi connectivity index (χ0v) is 12.1. The lowest BCUT2D eigenvalue weighted by molar-refractivity contribution is 0.0816. The van der Waals surface area contributed by atoms with Crippen molar-refractivity contribution in [1.29, 1.82) is 0 Å². The minimum atomic E-state index is -0.218. The van der Waals surface area contributed by atoms with Crippen molar-refractivity contribution in [3.63, 3.8) is 0 Å². The molecule has 1 heterocycles. The molecule has 0 radical (unpaired) electrons. The molecule has 1 unspecified atom stereocenters. The van der Waals surface area contributed by atoms with Gasteiger partial charge in [-0.15, -0.1) is 0 Å². The van der Waals surface area contributed by atoms with Crippen LogP contribution in [0.15, 0.2) is 48.5 Å². The molecule has 0 amide bonds. The SMILES string of the molecule is CCCC1(c2ccccc2)Cc2cc(OC)ccc2O1. The van der Waals surface area contributed by atoms with Crippen molar-refractivity contribution in [2.45, 2.75) is 31.8 Å². The van der Waals surface area contributed by atoms with Crippen molar-refractivity contribution in [2.75, 3.05) is 7.11 Å². The van der Waals surface area contributed by atoms with Gasteiger partial charge in [-0.05, 0) is 30.2 Å². The molecule has 1 aliphatic rings. The van der Waals surface area contributed by atoms with Gasteiger partial charge in [-0.1, -0.05) is 43.7 Å². The van der Waals surface area contributed by atoms with Crippen LogP contribution in [0.3, 0.4) is 0 Å². The fourth-order valence-electron chi connectivity index (χ4n) is 3.07. The Morgan fingerprint density at radius 1 is 1.15 bits per heavy atom. The highest BCUT2D eigenvalue weighted by atomic mass is 16.5. The van der Waals surface area contributed by atoms with Gasteiger partial charge in [0.15, 0.2) is 0 Å². The summed E-state index contributed by atoms with van der Waals surface area (Å²) >= 11 is 0. The number of methoxy groups -OCH3 is 1. The van der Waals surface area contributed by atoms with Gasteiger partial charge in [-0.2, -0.15) is 0 Å². The third-order valence-corrected chi connectivity index (χ3v) is 4.00. The molecule has 104 valence electrons. The summed E-state index contributed by atoms with van der Waals surface area (Å²) in [6.45, 7) is 2.21. The maximum Gasteiger partial charge on any atom is 0.138 e. The van der Waals surface area contributed by atoms with Crippen LogP contribution >= 0.6 is 0 Å². The maximum atomic E-state index is 6.36. The minimum absolute atomic E-state index is 0.218. The Hall–Kier alpha value is -1.96. The molecule has 0 spiro atoms. The second kappa shape index (κ2) is 5.20. The highest BCUT2D eigenvalue weighted by Gasteiger charge is 2.40. The number of hydrogen-bond donors (Lipinski definition) is 0. The molecule has 0 saturated carbocycles. The fourth-order valence-corrected chi connectivity index (χ4v) is 3.07. The summed E-state index contributed by atoms with van der Waals surface area (Å²) in [5, 5.41) is 0. The van der Waals surface area contributed by atoms with Crippen molar-refractivity contribution >= 4 is 0 Å². The zero-order chi connectivity index (χ0) is 14.0. The summed E-state index contributed by atoms with van der Waals surface area (Å²) in [6, 6.07) is 16.6. The van der Waals surface area contributed by atoms with E-state index in [2.05, 4.69) is 37.3 Å². The van der Waals surface area contributed by atoms with E-state index in [9.17, 15) is 0 Å². The van der Waals surface area contributed by atoms with Gasteiger partial charge in [0.1, 0.15) is 17.1 Å².